The molecule has 0 radical (unpaired) electrons. The van der Waals surface area contributed by atoms with E-state index in [1.807, 2.05) is 12.1 Å². The molecular weight excluding hydrogens is 237 g/mol. The number of aryl methyl sites for hydroxylation is 1. The minimum Gasteiger partial charge on any atom is -0.315 e. The summed E-state index contributed by atoms with van der Waals surface area (Å²) in [6, 6.07) is 15.6. The summed E-state index contributed by atoms with van der Waals surface area (Å²) < 4.78 is 13.0. The third-order valence-corrected chi connectivity index (χ3v) is 4.01. The highest BCUT2D eigenvalue weighted by atomic mass is 19.1. The number of nitrogens with one attached hydrogen (secondary N) is 1. The smallest absolute Gasteiger partial charge is 0.123 e. The SMILES string of the molecule is Cc1cccc(C2(Cc3ccc(F)cc3)CNC2)c1. The lowest BCUT2D eigenvalue weighted by atomic mass is 9.71. The Morgan fingerprint density at radius 2 is 1.84 bits per heavy atom. The van der Waals surface area contributed by atoms with Gasteiger partial charge in [-0.3, -0.25) is 0 Å². The molecule has 1 fully saturated rings. The molecule has 1 aliphatic rings. The van der Waals surface area contributed by atoms with Gasteiger partial charge in [0, 0.05) is 18.5 Å². The van der Waals surface area contributed by atoms with Gasteiger partial charge in [-0.15, -0.1) is 0 Å². The molecule has 2 heteroatoms. The monoisotopic (exact) mass is 255 g/mol. The minimum atomic E-state index is -0.167. The molecule has 19 heavy (non-hydrogen) atoms. The molecular formula is C17H18FN. The van der Waals surface area contributed by atoms with Gasteiger partial charge >= 0.3 is 0 Å². The van der Waals surface area contributed by atoms with E-state index in [1.165, 1.54) is 16.7 Å². The molecule has 2 aromatic carbocycles. The van der Waals surface area contributed by atoms with Crippen LogP contribution in [0.5, 0.6) is 0 Å². The summed E-state index contributed by atoms with van der Waals surface area (Å²) in [5, 5.41) is 3.38. The summed E-state index contributed by atoms with van der Waals surface area (Å²) in [5.41, 5.74) is 4.05. The van der Waals surface area contributed by atoms with E-state index in [2.05, 4.69) is 36.5 Å². The number of benzene rings is 2. The van der Waals surface area contributed by atoms with E-state index in [1.54, 1.807) is 12.1 Å². The van der Waals surface area contributed by atoms with E-state index in [0.717, 1.165) is 19.5 Å². The first-order valence-electron chi connectivity index (χ1n) is 6.70. The van der Waals surface area contributed by atoms with Crippen LogP contribution >= 0.6 is 0 Å². The van der Waals surface area contributed by atoms with Crippen molar-refractivity contribution in [1.29, 1.82) is 0 Å². The van der Waals surface area contributed by atoms with Gasteiger partial charge in [-0.2, -0.15) is 0 Å². The van der Waals surface area contributed by atoms with Crippen molar-refractivity contribution in [3.8, 4) is 0 Å². The molecule has 1 nitrogen and oxygen atoms in total. The number of rotatable bonds is 3. The summed E-state index contributed by atoms with van der Waals surface area (Å²) in [6.07, 6.45) is 0.962. The van der Waals surface area contributed by atoms with Crippen molar-refractivity contribution in [2.75, 3.05) is 13.1 Å². The van der Waals surface area contributed by atoms with Crippen molar-refractivity contribution in [2.45, 2.75) is 18.8 Å². The highest BCUT2D eigenvalue weighted by molar-refractivity contribution is 5.36. The normalized spacial score (nSPS) is 16.9. The van der Waals surface area contributed by atoms with Crippen LogP contribution in [0, 0.1) is 12.7 Å². The van der Waals surface area contributed by atoms with Gasteiger partial charge in [-0.1, -0.05) is 42.0 Å². The summed E-state index contributed by atoms with van der Waals surface area (Å²) in [5.74, 6) is -0.167. The predicted molar refractivity (Wildman–Crippen MR) is 75.8 cm³/mol. The molecule has 0 amide bonds. The van der Waals surface area contributed by atoms with Crippen LogP contribution in [0.1, 0.15) is 16.7 Å². The van der Waals surface area contributed by atoms with Crippen LogP contribution in [-0.4, -0.2) is 13.1 Å². The number of hydrogen-bond donors (Lipinski definition) is 1. The van der Waals surface area contributed by atoms with Gasteiger partial charge in [0.05, 0.1) is 0 Å². The van der Waals surface area contributed by atoms with E-state index in [9.17, 15) is 4.39 Å². The second kappa shape index (κ2) is 4.78. The standard InChI is InChI=1S/C17H18FN/c1-13-3-2-4-15(9-13)17(11-19-12-17)10-14-5-7-16(18)8-6-14/h2-9,19H,10-12H2,1H3. The maximum Gasteiger partial charge on any atom is 0.123 e. The summed E-state index contributed by atoms with van der Waals surface area (Å²) in [7, 11) is 0. The third-order valence-electron chi connectivity index (χ3n) is 4.01. The molecule has 0 aliphatic carbocycles. The lowest BCUT2D eigenvalue weighted by Crippen LogP contribution is -2.58. The summed E-state index contributed by atoms with van der Waals surface area (Å²) >= 11 is 0. The van der Waals surface area contributed by atoms with E-state index in [0.29, 0.717) is 0 Å². The van der Waals surface area contributed by atoms with Gasteiger partial charge < -0.3 is 5.32 Å². The quantitative estimate of drug-likeness (QED) is 0.888. The average Bonchev–Trinajstić information content (AvgIpc) is 2.36. The zero-order chi connectivity index (χ0) is 13.3. The maximum atomic E-state index is 13.0. The zero-order valence-electron chi connectivity index (χ0n) is 11.1. The molecule has 1 aliphatic heterocycles. The van der Waals surface area contributed by atoms with Crippen LogP contribution < -0.4 is 5.32 Å². The fourth-order valence-corrected chi connectivity index (χ4v) is 2.83. The van der Waals surface area contributed by atoms with Gasteiger partial charge in [-0.05, 0) is 36.6 Å². The van der Waals surface area contributed by atoms with E-state index in [4.69, 9.17) is 0 Å². The molecule has 3 rings (SSSR count). The van der Waals surface area contributed by atoms with E-state index < -0.39 is 0 Å². The Kier molecular flexibility index (Phi) is 3.11. The summed E-state index contributed by atoms with van der Waals surface area (Å²) in [4.78, 5) is 0. The predicted octanol–water partition coefficient (Wildman–Crippen LogP) is 3.22. The van der Waals surface area contributed by atoms with Crippen LogP contribution in [-0.2, 0) is 11.8 Å². The largest absolute Gasteiger partial charge is 0.315 e. The van der Waals surface area contributed by atoms with Crippen molar-refractivity contribution < 1.29 is 4.39 Å². The Labute approximate surface area is 113 Å². The lowest BCUT2D eigenvalue weighted by molar-refractivity contribution is 0.274. The Balaban J connectivity index is 1.89. The molecule has 0 unspecified atom stereocenters. The third kappa shape index (κ3) is 2.41. The maximum absolute atomic E-state index is 13.0. The molecule has 2 aromatic rings. The Morgan fingerprint density at radius 1 is 1.11 bits per heavy atom. The molecule has 1 N–H and O–H groups in total. The molecule has 98 valence electrons. The van der Waals surface area contributed by atoms with Crippen molar-refractivity contribution in [3.05, 3.63) is 71.0 Å². The van der Waals surface area contributed by atoms with Gasteiger partial charge in [0.25, 0.3) is 0 Å². The van der Waals surface area contributed by atoms with Crippen LogP contribution in [0.25, 0.3) is 0 Å². The highest BCUT2D eigenvalue weighted by Crippen LogP contribution is 2.33. The fraction of sp³-hybridized carbons (Fsp3) is 0.294. The molecule has 0 atom stereocenters. The van der Waals surface area contributed by atoms with E-state index >= 15 is 0 Å². The first-order chi connectivity index (χ1) is 9.18. The fourth-order valence-electron chi connectivity index (χ4n) is 2.83. The lowest BCUT2D eigenvalue weighted by Gasteiger charge is -2.43. The Hall–Kier alpha value is -1.67. The first-order valence-corrected chi connectivity index (χ1v) is 6.70. The number of halogens is 1. The van der Waals surface area contributed by atoms with Crippen LogP contribution in [0.3, 0.4) is 0 Å². The van der Waals surface area contributed by atoms with Crippen LogP contribution in [0.2, 0.25) is 0 Å². The molecule has 0 bridgehead atoms. The Morgan fingerprint density at radius 3 is 2.42 bits per heavy atom. The van der Waals surface area contributed by atoms with Crippen molar-refractivity contribution in [1.82, 2.24) is 5.32 Å². The second-order valence-electron chi connectivity index (χ2n) is 5.56. The van der Waals surface area contributed by atoms with Crippen molar-refractivity contribution in [2.24, 2.45) is 0 Å². The first kappa shape index (κ1) is 12.4. The molecule has 1 saturated heterocycles. The number of hydrogen-bond acceptors (Lipinski definition) is 1. The molecule has 1 heterocycles. The molecule has 0 saturated carbocycles. The topological polar surface area (TPSA) is 12.0 Å². The summed E-state index contributed by atoms with van der Waals surface area (Å²) in [6.45, 7) is 4.11. The van der Waals surface area contributed by atoms with Crippen molar-refractivity contribution >= 4 is 0 Å². The molecule has 0 spiro atoms. The van der Waals surface area contributed by atoms with Gasteiger partial charge in [0.15, 0.2) is 0 Å². The Bertz CT molecular complexity index is 570. The average molecular weight is 255 g/mol. The van der Waals surface area contributed by atoms with Gasteiger partial charge in [-0.25, -0.2) is 4.39 Å². The van der Waals surface area contributed by atoms with E-state index in [-0.39, 0.29) is 11.2 Å². The van der Waals surface area contributed by atoms with Gasteiger partial charge in [0.1, 0.15) is 5.82 Å². The highest BCUT2D eigenvalue weighted by Gasteiger charge is 2.38. The second-order valence-corrected chi connectivity index (χ2v) is 5.56. The van der Waals surface area contributed by atoms with Crippen LogP contribution in [0.4, 0.5) is 4.39 Å². The van der Waals surface area contributed by atoms with Crippen molar-refractivity contribution in [3.63, 3.8) is 0 Å². The van der Waals surface area contributed by atoms with Crippen LogP contribution in [0.15, 0.2) is 48.5 Å². The van der Waals surface area contributed by atoms with Gasteiger partial charge in [0.2, 0.25) is 0 Å². The minimum absolute atomic E-state index is 0.167. The zero-order valence-corrected chi connectivity index (χ0v) is 11.1. The molecule has 0 aromatic heterocycles.